The molecular weight excluding hydrogens is 480 g/mol. The molecule has 36 heavy (non-hydrogen) atoms. The second-order valence-electron chi connectivity index (χ2n) is 10.5. The molecule has 0 saturated carbocycles. The molecule has 9 heteroatoms. The van der Waals surface area contributed by atoms with E-state index < -0.39 is 0 Å². The van der Waals surface area contributed by atoms with Gasteiger partial charge < -0.3 is 25.2 Å². The first-order valence-corrected chi connectivity index (χ1v) is 13.6. The van der Waals surface area contributed by atoms with Crippen molar-refractivity contribution < 1.29 is 19.1 Å². The van der Waals surface area contributed by atoms with Crippen LogP contribution in [0.5, 0.6) is 5.75 Å². The van der Waals surface area contributed by atoms with Gasteiger partial charge in [0.05, 0.1) is 18.2 Å². The summed E-state index contributed by atoms with van der Waals surface area (Å²) in [5.74, 6) is 0.0809. The summed E-state index contributed by atoms with van der Waals surface area (Å²) in [5, 5.41) is 6.44. The highest BCUT2D eigenvalue weighted by Crippen LogP contribution is 2.24. The van der Waals surface area contributed by atoms with Gasteiger partial charge in [-0.1, -0.05) is 25.4 Å². The topological polar surface area (TPSA) is 91.0 Å². The fraction of sp³-hybridized carbons (Fsp3) is 0.667. The molecule has 1 aromatic rings. The van der Waals surface area contributed by atoms with Crippen molar-refractivity contribution >= 4 is 29.3 Å². The average Bonchev–Trinajstić information content (AvgIpc) is 2.85. The highest BCUT2D eigenvalue weighted by Gasteiger charge is 2.31. The van der Waals surface area contributed by atoms with E-state index >= 15 is 0 Å². The number of halogens is 1. The smallest absolute Gasteiger partial charge is 0.255 e. The van der Waals surface area contributed by atoms with E-state index in [0.717, 1.165) is 25.9 Å². The number of hydrogen-bond donors (Lipinski definition) is 2. The lowest BCUT2D eigenvalue weighted by atomic mass is 9.94. The summed E-state index contributed by atoms with van der Waals surface area (Å²) in [4.78, 5) is 43.4. The Labute approximate surface area is 220 Å². The van der Waals surface area contributed by atoms with Crippen molar-refractivity contribution in [1.82, 2.24) is 20.4 Å². The Morgan fingerprint density at radius 1 is 1.08 bits per heavy atom. The summed E-state index contributed by atoms with van der Waals surface area (Å²) < 4.78 is 5.99. The van der Waals surface area contributed by atoms with Crippen molar-refractivity contribution in [2.75, 3.05) is 39.3 Å². The number of benzene rings is 1. The summed E-state index contributed by atoms with van der Waals surface area (Å²) in [6, 6.07) is 5.15. The van der Waals surface area contributed by atoms with Gasteiger partial charge in [-0.3, -0.25) is 14.4 Å². The molecule has 1 fully saturated rings. The second-order valence-corrected chi connectivity index (χ2v) is 10.9. The van der Waals surface area contributed by atoms with Crippen LogP contribution in [0.3, 0.4) is 0 Å². The standard InChI is InChI=1S/C27H41ClN4O4/c1-18(2)23-17-36-24-8-7-21(28)15-22(24)26(34)29-11-5-6-12-32(16-25(33)30-23)27(35)20-9-13-31(14-10-20)19(3)4/h7-8,15,18-20,23H,5-6,9-14,16-17H2,1-4H3,(H,29,34)(H,30,33)/t23-/m1/s1. The highest BCUT2D eigenvalue weighted by molar-refractivity contribution is 6.31. The Morgan fingerprint density at radius 3 is 2.47 bits per heavy atom. The predicted octanol–water partition coefficient (Wildman–Crippen LogP) is 3.33. The van der Waals surface area contributed by atoms with Gasteiger partial charge in [-0.15, -0.1) is 0 Å². The van der Waals surface area contributed by atoms with Crippen LogP contribution in [0.1, 0.15) is 63.7 Å². The first-order chi connectivity index (χ1) is 17.2. The lowest BCUT2D eigenvalue weighted by molar-refractivity contribution is -0.141. The number of carbonyl (C=O) groups is 3. The van der Waals surface area contributed by atoms with E-state index in [1.807, 2.05) is 13.8 Å². The summed E-state index contributed by atoms with van der Waals surface area (Å²) in [6.45, 7) is 11.3. The molecule has 200 valence electrons. The molecule has 8 nitrogen and oxygen atoms in total. The number of piperidine rings is 1. The fourth-order valence-electron chi connectivity index (χ4n) is 4.72. The molecule has 2 aliphatic heterocycles. The van der Waals surface area contributed by atoms with E-state index in [1.54, 1.807) is 23.1 Å². The van der Waals surface area contributed by atoms with E-state index in [1.165, 1.54) is 0 Å². The van der Waals surface area contributed by atoms with Gasteiger partial charge in [0.15, 0.2) is 0 Å². The van der Waals surface area contributed by atoms with Gasteiger partial charge in [-0.2, -0.15) is 0 Å². The molecular formula is C27H41ClN4O4. The van der Waals surface area contributed by atoms with Crippen LogP contribution in [0.2, 0.25) is 5.02 Å². The number of likely N-dealkylation sites (tertiary alicyclic amines) is 1. The zero-order valence-corrected chi connectivity index (χ0v) is 22.8. The normalized spacial score (nSPS) is 21.8. The first-order valence-electron chi connectivity index (χ1n) is 13.2. The molecule has 0 spiro atoms. The number of carbonyl (C=O) groups excluding carboxylic acids is 3. The summed E-state index contributed by atoms with van der Waals surface area (Å²) in [6.07, 6.45) is 3.01. The van der Waals surface area contributed by atoms with Crippen molar-refractivity contribution in [1.29, 1.82) is 0 Å². The highest BCUT2D eigenvalue weighted by atomic mass is 35.5. The van der Waals surface area contributed by atoms with Crippen molar-refractivity contribution in [2.24, 2.45) is 11.8 Å². The Balaban J connectivity index is 1.73. The van der Waals surface area contributed by atoms with E-state index in [4.69, 9.17) is 16.3 Å². The van der Waals surface area contributed by atoms with E-state index in [0.29, 0.717) is 48.3 Å². The monoisotopic (exact) mass is 520 g/mol. The van der Waals surface area contributed by atoms with Crippen LogP contribution >= 0.6 is 11.6 Å². The Bertz CT molecular complexity index is 915. The minimum absolute atomic E-state index is 0.0327. The van der Waals surface area contributed by atoms with Gasteiger partial charge in [0.2, 0.25) is 11.8 Å². The third-order valence-corrected chi connectivity index (χ3v) is 7.39. The third-order valence-electron chi connectivity index (χ3n) is 7.15. The molecule has 2 aliphatic rings. The number of amides is 3. The van der Waals surface area contributed by atoms with Crippen LogP contribution in [0.15, 0.2) is 18.2 Å². The van der Waals surface area contributed by atoms with Crippen LogP contribution < -0.4 is 15.4 Å². The summed E-state index contributed by atoms with van der Waals surface area (Å²) in [7, 11) is 0. The zero-order chi connectivity index (χ0) is 26.2. The number of nitrogens with zero attached hydrogens (tertiary/aromatic N) is 2. The van der Waals surface area contributed by atoms with Gasteiger partial charge in [0.1, 0.15) is 12.4 Å². The molecule has 0 aromatic heterocycles. The molecule has 1 atom stereocenters. The lowest BCUT2D eigenvalue weighted by Crippen LogP contribution is -2.50. The van der Waals surface area contributed by atoms with E-state index in [-0.39, 0.29) is 48.8 Å². The van der Waals surface area contributed by atoms with Gasteiger partial charge in [-0.05, 0) is 76.7 Å². The fourth-order valence-corrected chi connectivity index (χ4v) is 4.90. The molecule has 0 unspecified atom stereocenters. The largest absolute Gasteiger partial charge is 0.491 e. The van der Waals surface area contributed by atoms with Crippen molar-refractivity contribution in [2.45, 2.75) is 65.5 Å². The average molecular weight is 521 g/mol. The molecule has 3 amide bonds. The molecule has 0 aliphatic carbocycles. The van der Waals surface area contributed by atoms with E-state index in [9.17, 15) is 14.4 Å². The SMILES string of the molecule is CC(C)[C@H]1COc2ccc(Cl)cc2C(=O)NCCCCN(C(=O)C2CCN(C(C)C)CC2)CC(=O)N1. The zero-order valence-electron chi connectivity index (χ0n) is 22.0. The van der Waals surface area contributed by atoms with Crippen molar-refractivity contribution in [3.63, 3.8) is 0 Å². The second kappa shape index (κ2) is 13.3. The van der Waals surface area contributed by atoms with Crippen LogP contribution in [0.4, 0.5) is 0 Å². The molecule has 2 heterocycles. The van der Waals surface area contributed by atoms with Crippen LogP contribution in [-0.2, 0) is 9.59 Å². The van der Waals surface area contributed by atoms with Crippen LogP contribution in [-0.4, -0.2) is 78.9 Å². The minimum atomic E-state index is -0.277. The predicted molar refractivity (Wildman–Crippen MR) is 141 cm³/mol. The number of hydrogen-bond acceptors (Lipinski definition) is 5. The minimum Gasteiger partial charge on any atom is -0.491 e. The summed E-state index contributed by atoms with van der Waals surface area (Å²) in [5.41, 5.74) is 0.371. The van der Waals surface area contributed by atoms with Gasteiger partial charge in [0, 0.05) is 30.1 Å². The van der Waals surface area contributed by atoms with Gasteiger partial charge in [0.25, 0.3) is 5.91 Å². The van der Waals surface area contributed by atoms with Crippen LogP contribution in [0, 0.1) is 11.8 Å². The molecule has 2 N–H and O–H groups in total. The molecule has 0 bridgehead atoms. The Morgan fingerprint density at radius 2 is 1.81 bits per heavy atom. The maximum atomic E-state index is 13.4. The van der Waals surface area contributed by atoms with Gasteiger partial charge >= 0.3 is 0 Å². The Kier molecular flexibility index (Phi) is 10.4. The maximum Gasteiger partial charge on any atom is 0.255 e. The maximum absolute atomic E-state index is 13.4. The first kappa shape index (κ1) is 28.3. The van der Waals surface area contributed by atoms with Crippen LogP contribution in [0.25, 0.3) is 0 Å². The van der Waals surface area contributed by atoms with Crippen molar-refractivity contribution in [3.8, 4) is 5.75 Å². The molecule has 0 radical (unpaired) electrons. The Hall–Kier alpha value is -2.32. The molecule has 1 aromatic carbocycles. The lowest BCUT2D eigenvalue weighted by Gasteiger charge is -2.36. The number of nitrogens with one attached hydrogen (secondary N) is 2. The summed E-state index contributed by atoms with van der Waals surface area (Å²) >= 11 is 6.14. The van der Waals surface area contributed by atoms with Crippen molar-refractivity contribution in [3.05, 3.63) is 28.8 Å². The number of rotatable bonds is 3. The molecule has 1 saturated heterocycles. The number of fused-ring (bicyclic) bond motifs is 1. The van der Waals surface area contributed by atoms with Gasteiger partial charge in [-0.25, -0.2) is 0 Å². The third kappa shape index (κ3) is 7.84. The van der Waals surface area contributed by atoms with E-state index in [2.05, 4.69) is 29.4 Å². The molecule has 3 rings (SSSR count). The quantitative estimate of drug-likeness (QED) is 0.638. The number of ether oxygens (including phenoxy) is 1.